The van der Waals surface area contributed by atoms with Crippen molar-refractivity contribution in [1.82, 2.24) is 4.90 Å². The van der Waals surface area contributed by atoms with Crippen molar-refractivity contribution in [2.75, 3.05) is 28.3 Å². The van der Waals surface area contributed by atoms with Gasteiger partial charge in [0.1, 0.15) is 5.76 Å². The molecular weight excluding hydrogens is 354 g/mol. The van der Waals surface area contributed by atoms with Gasteiger partial charge >= 0.3 is 5.97 Å². The van der Waals surface area contributed by atoms with Crippen LogP contribution < -0.4 is 9.47 Å². The summed E-state index contributed by atoms with van der Waals surface area (Å²) in [6.07, 6.45) is 6.15. The quantitative estimate of drug-likeness (QED) is 0.618. The number of methoxy groups -OCH3 is 2. The van der Waals surface area contributed by atoms with Gasteiger partial charge in [0.25, 0.3) is 0 Å². The minimum Gasteiger partial charge on any atom is -0.493 e. The van der Waals surface area contributed by atoms with Gasteiger partial charge in [-0.3, -0.25) is 4.79 Å². The van der Waals surface area contributed by atoms with Crippen molar-refractivity contribution in [3.63, 3.8) is 0 Å². The number of para-hydroxylation sites is 2. The fraction of sp³-hybridized carbons (Fsp3) is 0.609. The molecule has 0 bridgehead atoms. The number of nitrogens with zero attached hydrogens (tertiary/aromatic N) is 1. The van der Waals surface area contributed by atoms with Crippen molar-refractivity contribution in [1.29, 1.82) is 0 Å². The van der Waals surface area contributed by atoms with E-state index in [4.69, 9.17) is 14.2 Å². The highest BCUT2D eigenvalue weighted by Crippen LogP contribution is 2.30. The van der Waals surface area contributed by atoms with Crippen LogP contribution >= 0.6 is 0 Å². The molecular formula is C23H37NO4. The molecule has 5 heteroatoms. The smallest absolute Gasteiger partial charge is 0.313 e. The van der Waals surface area contributed by atoms with Crippen LogP contribution in [0.2, 0.25) is 0 Å². The van der Waals surface area contributed by atoms with Gasteiger partial charge in [0, 0.05) is 12.5 Å². The summed E-state index contributed by atoms with van der Waals surface area (Å²) < 4.78 is 15.5. The maximum absolute atomic E-state index is 11.8. The monoisotopic (exact) mass is 391 g/mol. The van der Waals surface area contributed by atoms with E-state index in [-0.39, 0.29) is 11.9 Å². The number of carbonyl (C=O) groups excluding carboxylic acids is 1. The van der Waals surface area contributed by atoms with E-state index in [0.717, 1.165) is 36.5 Å². The fourth-order valence-electron chi connectivity index (χ4n) is 3.19. The Labute approximate surface area is 170 Å². The van der Waals surface area contributed by atoms with Crippen LogP contribution in [0.15, 0.2) is 36.1 Å². The minimum absolute atomic E-state index is 0.00685. The molecule has 0 heterocycles. The van der Waals surface area contributed by atoms with Crippen molar-refractivity contribution < 1.29 is 19.0 Å². The maximum Gasteiger partial charge on any atom is 0.313 e. The highest BCUT2D eigenvalue weighted by molar-refractivity contribution is 5.73. The van der Waals surface area contributed by atoms with Crippen LogP contribution in [0.3, 0.4) is 0 Å². The number of carbonyl (C=O) groups is 1. The molecule has 0 saturated heterocycles. The van der Waals surface area contributed by atoms with Crippen LogP contribution in [0.25, 0.3) is 0 Å². The highest BCUT2D eigenvalue weighted by atomic mass is 16.5. The molecule has 0 fully saturated rings. The van der Waals surface area contributed by atoms with Crippen LogP contribution in [0, 0.1) is 11.8 Å². The lowest BCUT2D eigenvalue weighted by Gasteiger charge is -2.33. The first kappa shape index (κ1) is 24.0. The highest BCUT2D eigenvalue weighted by Gasteiger charge is 2.27. The lowest BCUT2D eigenvalue weighted by atomic mass is 9.86. The Balaban J connectivity index is 0.000000330. The van der Waals surface area contributed by atoms with Crippen LogP contribution in [0.4, 0.5) is 0 Å². The molecule has 2 rings (SSSR count). The molecule has 5 nitrogen and oxygen atoms in total. The summed E-state index contributed by atoms with van der Waals surface area (Å²) in [5.41, 5.74) is 0. The van der Waals surface area contributed by atoms with Gasteiger partial charge in [-0.15, -0.1) is 0 Å². The molecule has 3 atom stereocenters. The van der Waals surface area contributed by atoms with Crippen molar-refractivity contribution in [3.8, 4) is 11.5 Å². The third kappa shape index (κ3) is 7.19. The molecule has 28 heavy (non-hydrogen) atoms. The predicted molar refractivity (Wildman–Crippen MR) is 114 cm³/mol. The maximum atomic E-state index is 11.8. The Morgan fingerprint density at radius 3 is 2.14 bits per heavy atom. The average molecular weight is 392 g/mol. The number of hydrogen-bond acceptors (Lipinski definition) is 5. The number of hydrogen-bond donors (Lipinski definition) is 0. The largest absolute Gasteiger partial charge is 0.493 e. The number of likely N-dealkylation sites (N-methyl/N-ethyl adjacent to an activating group) is 1. The molecule has 0 amide bonds. The van der Waals surface area contributed by atoms with E-state index in [1.807, 2.05) is 38.1 Å². The second-order valence-corrected chi connectivity index (χ2v) is 7.38. The number of allylic oxidation sites excluding steroid dienone is 1. The zero-order valence-electron chi connectivity index (χ0n) is 18.5. The zero-order chi connectivity index (χ0) is 21.1. The molecule has 0 radical (unpaired) electrons. The van der Waals surface area contributed by atoms with E-state index >= 15 is 0 Å². The summed E-state index contributed by atoms with van der Waals surface area (Å²) >= 11 is 0. The summed E-state index contributed by atoms with van der Waals surface area (Å²) in [6, 6.07) is 7.92. The third-order valence-electron chi connectivity index (χ3n) is 5.26. The predicted octanol–water partition coefficient (Wildman–Crippen LogP) is 4.91. The van der Waals surface area contributed by atoms with Gasteiger partial charge in [-0.1, -0.05) is 39.3 Å². The Hall–Kier alpha value is -2.01. The molecule has 0 spiro atoms. The second-order valence-electron chi connectivity index (χ2n) is 7.38. The molecule has 0 aromatic heterocycles. The molecule has 158 valence electrons. The van der Waals surface area contributed by atoms with Gasteiger partial charge in [0.15, 0.2) is 11.5 Å². The van der Waals surface area contributed by atoms with Gasteiger partial charge < -0.3 is 19.1 Å². The first-order chi connectivity index (χ1) is 13.4. The van der Waals surface area contributed by atoms with Crippen molar-refractivity contribution >= 4 is 5.97 Å². The van der Waals surface area contributed by atoms with Gasteiger partial charge in [-0.05, 0) is 51.1 Å². The SMILES string of the molecule is CCC(C)C(=O)OC1=CC(N(C)C)C(CC)CC1.COc1ccccc1OC. The van der Waals surface area contributed by atoms with E-state index in [1.165, 1.54) is 6.42 Å². The first-order valence-corrected chi connectivity index (χ1v) is 10.1. The summed E-state index contributed by atoms with van der Waals surface area (Å²) in [6.45, 7) is 6.16. The van der Waals surface area contributed by atoms with Crippen LogP contribution in [0.5, 0.6) is 11.5 Å². The molecule has 1 aliphatic carbocycles. The number of ether oxygens (including phenoxy) is 3. The average Bonchev–Trinajstić information content (AvgIpc) is 2.73. The summed E-state index contributed by atoms with van der Waals surface area (Å²) in [5, 5.41) is 0. The Kier molecular flexibility index (Phi) is 10.7. The van der Waals surface area contributed by atoms with Crippen molar-refractivity contribution in [2.24, 2.45) is 11.8 Å². The molecule has 0 aliphatic heterocycles. The Bertz CT molecular complexity index is 604. The third-order valence-corrected chi connectivity index (χ3v) is 5.26. The molecule has 3 unspecified atom stereocenters. The standard InChI is InChI=1S/C15H27NO2.C8H10O2/c1-6-11(3)15(17)18-13-9-8-12(7-2)14(10-13)16(4)5;1-9-7-5-3-4-6-8(7)10-2/h10-12,14H,6-9H2,1-5H3;3-6H,1-2H3. The minimum atomic E-state index is -0.0868. The summed E-state index contributed by atoms with van der Waals surface area (Å²) in [7, 11) is 7.42. The van der Waals surface area contributed by atoms with Gasteiger partial charge in [0.2, 0.25) is 0 Å². The van der Waals surface area contributed by atoms with E-state index in [2.05, 4.69) is 32.0 Å². The van der Waals surface area contributed by atoms with E-state index in [1.54, 1.807) is 14.2 Å². The summed E-state index contributed by atoms with van der Waals surface area (Å²) in [4.78, 5) is 14.0. The van der Waals surface area contributed by atoms with Gasteiger partial charge in [-0.2, -0.15) is 0 Å². The Morgan fingerprint density at radius 1 is 1.14 bits per heavy atom. The zero-order valence-corrected chi connectivity index (χ0v) is 18.5. The number of esters is 1. The lowest BCUT2D eigenvalue weighted by Crippen LogP contribution is -2.36. The van der Waals surface area contributed by atoms with Gasteiger partial charge in [0.05, 0.1) is 20.1 Å². The molecule has 0 N–H and O–H groups in total. The van der Waals surface area contributed by atoms with E-state index < -0.39 is 0 Å². The van der Waals surface area contributed by atoms with E-state index in [0.29, 0.717) is 12.0 Å². The van der Waals surface area contributed by atoms with E-state index in [9.17, 15) is 4.79 Å². The van der Waals surface area contributed by atoms with Crippen LogP contribution in [-0.4, -0.2) is 45.2 Å². The lowest BCUT2D eigenvalue weighted by molar-refractivity contribution is -0.144. The van der Waals surface area contributed by atoms with Gasteiger partial charge in [-0.25, -0.2) is 0 Å². The second kappa shape index (κ2) is 12.4. The Morgan fingerprint density at radius 2 is 1.71 bits per heavy atom. The number of benzene rings is 1. The first-order valence-electron chi connectivity index (χ1n) is 10.1. The topological polar surface area (TPSA) is 48.0 Å². The number of rotatable bonds is 7. The molecule has 0 saturated carbocycles. The fourth-order valence-corrected chi connectivity index (χ4v) is 3.19. The van der Waals surface area contributed by atoms with Crippen molar-refractivity contribution in [3.05, 3.63) is 36.1 Å². The normalized spacial score (nSPS) is 19.8. The molecule has 1 aromatic carbocycles. The summed E-state index contributed by atoms with van der Waals surface area (Å²) in [5.74, 6) is 2.98. The molecule has 1 aromatic rings. The van der Waals surface area contributed by atoms with Crippen LogP contribution in [-0.2, 0) is 9.53 Å². The van der Waals surface area contributed by atoms with Crippen molar-refractivity contribution in [2.45, 2.75) is 52.5 Å². The molecule has 1 aliphatic rings. The van der Waals surface area contributed by atoms with Crippen LogP contribution in [0.1, 0.15) is 46.5 Å².